The molecule has 4 rings (SSSR count). The second kappa shape index (κ2) is 6.65. The normalized spacial score (nSPS) is 15.6. The van der Waals surface area contributed by atoms with Crippen LogP contribution in [0.5, 0.6) is 0 Å². The van der Waals surface area contributed by atoms with Crippen molar-refractivity contribution in [3.8, 4) is 0 Å². The number of nitrogens with zero attached hydrogens (tertiary/aromatic N) is 1. The summed E-state index contributed by atoms with van der Waals surface area (Å²) in [5.41, 5.74) is -0.0548. The van der Waals surface area contributed by atoms with Crippen molar-refractivity contribution in [2.45, 2.75) is 11.8 Å². The SMILES string of the molecule is CCN1C(C(=O)c2ccc3ccccc3c2)=C(O)c2c(Cl)cccc2S1(=O)=O. The van der Waals surface area contributed by atoms with Gasteiger partial charge in [-0.1, -0.05) is 54.1 Å². The number of sulfonamides is 1. The number of carbonyl (C=O) groups is 1. The third-order valence-electron chi connectivity index (χ3n) is 4.77. The number of ketones is 1. The fourth-order valence-electron chi connectivity index (χ4n) is 3.44. The Morgan fingerprint density at radius 1 is 1.04 bits per heavy atom. The second-order valence-corrected chi connectivity index (χ2v) is 8.61. The lowest BCUT2D eigenvalue weighted by Crippen LogP contribution is -2.38. The molecule has 1 heterocycles. The Hall–Kier alpha value is -2.83. The maximum absolute atomic E-state index is 13.3. The first kappa shape index (κ1) is 18.5. The van der Waals surface area contributed by atoms with Crippen LogP contribution in [-0.2, 0) is 10.0 Å². The molecule has 0 spiro atoms. The molecule has 3 aromatic rings. The highest BCUT2D eigenvalue weighted by atomic mass is 35.5. The van der Waals surface area contributed by atoms with Gasteiger partial charge >= 0.3 is 0 Å². The predicted octanol–water partition coefficient (Wildman–Crippen LogP) is 4.63. The molecule has 3 aromatic carbocycles. The zero-order valence-electron chi connectivity index (χ0n) is 14.9. The lowest BCUT2D eigenvalue weighted by molar-refractivity contribution is 0.101. The van der Waals surface area contributed by atoms with E-state index in [1.165, 1.54) is 18.2 Å². The van der Waals surface area contributed by atoms with Crippen LogP contribution < -0.4 is 0 Å². The van der Waals surface area contributed by atoms with E-state index in [4.69, 9.17) is 11.6 Å². The molecular formula is C21H16ClNO4S. The summed E-state index contributed by atoms with van der Waals surface area (Å²) in [5, 5.41) is 12.7. The van der Waals surface area contributed by atoms with Gasteiger partial charge in [0.15, 0.2) is 5.76 Å². The molecule has 5 nitrogen and oxygen atoms in total. The minimum Gasteiger partial charge on any atom is -0.505 e. The molecule has 0 aromatic heterocycles. The molecule has 0 saturated heterocycles. The van der Waals surface area contributed by atoms with Crippen LogP contribution >= 0.6 is 11.6 Å². The Labute approximate surface area is 167 Å². The second-order valence-electron chi connectivity index (χ2n) is 6.37. The number of aliphatic hydroxyl groups excluding tert-OH is 1. The number of allylic oxidation sites excluding steroid dienone is 1. The van der Waals surface area contributed by atoms with E-state index in [0.717, 1.165) is 15.1 Å². The Bertz CT molecular complexity index is 1260. The van der Waals surface area contributed by atoms with Gasteiger partial charge in [-0.05, 0) is 35.9 Å². The highest BCUT2D eigenvalue weighted by Gasteiger charge is 2.40. The number of hydrogen-bond acceptors (Lipinski definition) is 4. The Morgan fingerprint density at radius 2 is 1.75 bits per heavy atom. The smallest absolute Gasteiger partial charge is 0.265 e. The van der Waals surface area contributed by atoms with Crippen molar-refractivity contribution in [2.75, 3.05) is 6.54 Å². The van der Waals surface area contributed by atoms with E-state index < -0.39 is 21.6 Å². The first-order chi connectivity index (χ1) is 13.4. The van der Waals surface area contributed by atoms with Crippen LogP contribution in [0.3, 0.4) is 0 Å². The van der Waals surface area contributed by atoms with E-state index in [9.17, 15) is 18.3 Å². The topological polar surface area (TPSA) is 74.7 Å². The van der Waals surface area contributed by atoms with Gasteiger partial charge in [0.25, 0.3) is 10.0 Å². The maximum Gasteiger partial charge on any atom is 0.265 e. The molecule has 0 radical (unpaired) electrons. The third-order valence-corrected chi connectivity index (χ3v) is 7.00. The van der Waals surface area contributed by atoms with Gasteiger partial charge in [0.1, 0.15) is 10.6 Å². The third kappa shape index (κ3) is 2.68. The van der Waals surface area contributed by atoms with E-state index in [2.05, 4.69) is 0 Å². The monoisotopic (exact) mass is 413 g/mol. The minimum absolute atomic E-state index is 0.00694. The van der Waals surface area contributed by atoms with Crippen LogP contribution in [0.15, 0.2) is 71.3 Å². The van der Waals surface area contributed by atoms with E-state index in [1.54, 1.807) is 25.1 Å². The lowest BCUT2D eigenvalue weighted by atomic mass is 10.0. The predicted molar refractivity (Wildman–Crippen MR) is 109 cm³/mol. The van der Waals surface area contributed by atoms with Crippen LogP contribution in [0.4, 0.5) is 0 Å². The first-order valence-electron chi connectivity index (χ1n) is 8.64. The van der Waals surface area contributed by atoms with Crippen LogP contribution in [0.2, 0.25) is 5.02 Å². The fourth-order valence-corrected chi connectivity index (χ4v) is 5.46. The van der Waals surface area contributed by atoms with Crippen LogP contribution in [0, 0.1) is 0 Å². The molecule has 0 aliphatic carbocycles. The maximum atomic E-state index is 13.3. The molecule has 0 saturated carbocycles. The van der Waals surface area contributed by atoms with E-state index >= 15 is 0 Å². The molecule has 0 atom stereocenters. The molecule has 1 aliphatic rings. The van der Waals surface area contributed by atoms with E-state index in [0.29, 0.717) is 0 Å². The van der Waals surface area contributed by atoms with Gasteiger partial charge in [-0.25, -0.2) is 8.42 Å². The lowest BCUT2D eigenvalue weighted by Gasteiger charge is -2.31. The molecule has 1 aliphatic heterocycles. The minimum atomic E-state index is -4.02. The number of Topliss-reactive ketones (excluding diaryl/α,β-unsaturated/α-hetero) is 1. The Morgan fingerprint density at radius 3 is 2.46 bits per heavy atom. The Balaban J connectivity index is 1.96. The summed E-state index contributed by atoms with van der Waals surface area (Å²) < 4.78 is 27.1. The van der Waals surface area contributed by atoms with Crippen molar-refractivity contribution in [2.24, 2.45) is 0 Å². The summed E-state index contributed by atoms with van der Waals surface area (Å²) in [4.78, 5) is 13.1. The molecule has 142 valence electrons. The number of rotatable bonds is 3. The standard InChI is InChI=1S/C21H16ClNO4S/c1-2-23-19(20(24)15-11-10-13-6-3-4-7-14(13)12-15)21(25)18-16(22)8-5-9-17(18)28(23,26)27/h3-12,25H,2H2,1H3. The summed E-state index contributed by atoms with van der Waals surface area (Å²) >= 11 is 6.16. The van der Waals surface area contributed by atoms with E-state index in [-0.39, 0.29) is 33.3 Å². The average molecular weight is 414 g/mol. The number of aliphatic hydroxyl groups is 1. The number of hydrogen-bond donors (Lipinski definition) is 1. The van der Waals surface area contributed by atoms with E-state index in [1.807, 2.05) is 24.3 Å². The molecular weight excluding hydrogens is 398 g/mol. The molecule has 0 fully saturated rings. The van der Waals surface area contributed by atoms with Crippen molar-refractivity contribution in [3.63, 3.8) is 0 Å². The van der Waals surface area contributed by atoms with Crippen molar-refractivity contribution in [1.29, 1.82) is 0 Å². The van der Waals surface area contributed by atoms with Crippen molar-refractivity contribution in [1.82, 2.24) is 4.31 Å². The average Bonchev–Trinajstić information content (AvgIpc) is 2.69. The zero-order valence-corrected chi connectivity index (χ0v) is 16.5. The summed E-state index contributed by atoms with van der Waals surface area (Å²) in [7, 11) is -4.02. The zero-order chi connectivity index (χ0) is 20.1. The number of halogens is 1. The van der Waals surface area contributed by atoms with Crippen LogP contribution in [0.1, 0.15) is 22.8 Å². The highest BCUT2D eigenvalue weighted by Crippen LogP contribution is 2.40. The molecule has 28 heavy (non-hydrogen) atoms. The summed E-state index contributed by atoms with van der Waals surface area (Å²) in [6.07, 6.45) is 0. The van der Waals surface area contributed by atoms with Gasteiger partial charge in [0.2, 0.25) is 5.78 Å². The highest BCUT2D eigenvalue weighted by molar-refractivity contribution is 7.89. The number of benzene rings is 3. The largest absolute Gasteiger partial charge is 0.505 e. The number of fused-ring (bicyclic) bond motifs is 2. The van der Waals surface area contributed by atoms with Gasteiger partial charge in [0.05, 0.1) is 10.6 Å². The van der Waals surface area contributed by atoms with Crippen molar-refractivity contribution < 1.29 is 18.3 Å². The molecule has 0 unspecified atom stereocenters. The number of likely N-dealkylation sites (N-methyl/N-ethyl adjacent to an activating group) is 1. The molecule has 0 bridgehead atoms. The number of carbonyl (C=O) groups excluding carboxylic acids is 1. The quantitative estimate of drug-likeness (QED) is 0.635. The molecule has 1 N–H and O–H groups in total. The van der Waals surface area contributed by atoms with Crippen LogP contribution in [0.25, 0.3) is 16.5 Å². The summed E-state index contributed by atoms with van der Waals surface area (Å²) in [5.74, 6) is -1.02. The van der Waals surface area contributed by atoms with Crippen LogP contribution in [-0.4, -0.2) is 30.2 Å². The Kier molecular flexibility index (Phi) is 4.40. The van der Waals surface area contributed by atoms with Gasteiger partial charge < -0.3 is 5.11 Å². The van der Waals surface area contributed by atoms with Gasteiger partial charge in [-0.2, -0.15) is 0 Å². The fraction of sp³-hybridized carbons (Fsp3) is 0.0952. The van der Waals surface area contributed by atoms with Crippen molar-refractivity contribution >= 4 is 43.9 Å². The molecule has 0 amide bonds. The summed E-state index contributed by atoms with van der Waals surface area (Å²) in [6, 6.07) is 17.0. The summed E-state index contributed by atoms with van der Waals surface area (Å²) in [6.45, 7) is 1.60. The van der Waals surface area contributed by atoms with Crippen molar-refractivity contribution in [3.05, 3.63) is 82.5 Å². The first-order valence-corrected chi connectivity index (χ1v) is 10.5. The molecule has 7 heteroatoms. The van der Waals surface area contributed by atoms with Gasteiger partial charge in [-0.15, -0.1) is 0 Å². The van der Waals surface area contributed by atoms with Gasteiger partial charge in [-0.3, -0.25) is 9.10 Å². The van der Waals surface area contributed by atoms with Gasteiger partial charge in [0, 0.05) is 12.1 Å².